The number of hydrogen-bond acceptors (Lipinski definition) is 2. The Morgan fingerprint density at radius 1 is 0.952 bits per heavy atom. The van der Waals surface area contributed by atoms with Crippen molar-refractivity contribution in [2.75, 3.05) is 18.0 Å². The van der Waals surface area contributed by atoms with Crippen LogP contribution in [0, 0.1) is 11.8 Å². The van der Waals surface area contributed by atoms with E-state index >= 15 is 0 Å². The zero-order chi connectivity index (χ0) is 15.1. The Hall–Kier alpha value is -2.24. The van der Waals surface area contributed by atoms with E-state index in [1.807, 2.05) is 54.6 Å². The van der Waals surface area contributed by atoms with Gasteiger partial charge in [0.05, 0.1) is 0 Å². The lowest BCUT2D eigenvalue weighted by molar-refractivity contribution is 0.238. The van der Waals surface area contributed by atoms with Crippen molar-refractivity contribution >= 4 is 5.69 Å². The Labute approximate surface area is 127 Å². The van der Waals surface area contributed by atoms with E-state index in [0.29, 0.717) is 0 Å². The summed E-state index contributed by atoms with van der Waals surface area (Å²) in [7, 11) is 0. The molecule has 0 saturated heterocycles. The van der Waals surface area contributed by atoms with E-state index in [0.717, 1.165) is 24.2 Å². The Bertz CT molecular complexity index is 604. The number of aliphatic hydroxyl groups excluding tert-OH is 1. The summed E-state index contributed by atoms with van der Waals surface area (Å²) in [5, 5.41) is 10.1. The third-order valence-electron chi connectivity index (χ3n) is 3.46. The Kier molecular flexibility index (Phi) is 5.43. The Balaban J connectivity index is 2.10. The van der Waals surface area contributed by atoms with Gasteiger partial charge in [-0.2, -0.15) is 0 Å². The van der Waals surface area contributed by atoms with Gasteiger partial charge in [-0.3, -0.25) is 0 Å². The van der Waals surface area contributed by atoms with Crippen molar-refractivity contribution in [2.24, 2.45) is 0 Å². The highest BCUT2D eigenvalue weighted by Crippen LogP contribution is 2.19. The maximum Gasteiger partial charge on any atom is 0.140 e. The quantitative estimate of drug-likeness (QED) is 0.864. The molecule has 0 aliphatic rings. The summed E-state index contributed by atoms with van der Waals surface area (Å²) in [5.41, 5.74) is 2.91. The van der Waals surface area contributed by atoms with Gasteiger partial charge in [-0.1, -0.05) is 42.2 Å². The topological polar surface area (TPSA) is 23.5 Å². The van der Waals surface area contributed by atoms with Crippen LogP contribution in [0.4, 0.5) is 5.69 Å². The van der Waals surface area contributed by atoms with Gasteiger partial charge in [0.25, 0.3) is 0 Å². The number of aliphatic hydroxyl groups is 1. The van der Waals surface area contributed by atoms with E-state index in [1.54, 1.807) is 0 Å². The van der Waals surface area contributed by atoms with Gasteiger partial charge < -0.3 is 10.0 Å². The summed E-state index contributed by atoms with van der Waals surface area (Å²) in [6.07, 6.45) is -0.754. The van der Waals surface area contributed by atoms with E-state index in [2.05, 4.69) is 30.6 Å². The van der Waals surface area contributed by atoms with Crippen LogP contribution in [-0.4, -0.2) is 18.2 Å². The van der Waals surface area contributed by atoms with Crippen LogP contribution in [-0.2, 0) is 0 Å². The Morgan fingerprint density at radius 3 is 2.14 bits per heavy atom. The monoisotopic (exact) mass is 279 g/mol. The number of benzene rings is 2. The van der Waals surface area contributed by atoms with Gasteiger partial charge in [0.15, 0.2) is 0 Å². The molecule has 2 aromatic carbocycles. The molecule has 0 saturated carbocycles. The van der Waals surface area contributed by atoms with Crippen LogP contribution < -0.4 is 4.90 Å². The van der Waals surface area contributed by atoms with Crippen molar-refractivity contribution in [1.29, 1.82) is 0 Å². The Morgan fingerprint density at radius 2 is 1.57 bits per heavy atom. The first kappa shape index (κ1) is 15.2. The van der Waals surface area contributed by atoms with Crippen molar-refractivity contribution < 1.29 is 5.11 Å². The average molecular weight is 279 g/mol. The van der Waals surface area contributed by atoms with Gasteiger partial charge in [-0.25, -0.2) is 0 Å². The standard InChI is InChI=1S/C19H21NO/c1-3-20(4-2)18-13-11-17(12-14-18)19(21)15-10-16-8-6-5-7-9-16/h5-9,11-14,19,21H,3-4H2,1-2H3. The summed E-state index contributed by atoms with van der Waals surface area (Å²) >= 11 is 0. The van der Waals surface area contributed by atoms with Crippen molar-refractivity contribution in [3.63, 3.8) is 0 Å². The van der Waals surface area contributed by atoms with Crippen LogP contribution in [0.3, 0.4) is 0 Å². The summed E-state index contributed by atoms with van der Waals surface area (Å²) in [5.74, 6) is 5.88. The summed E-state index contributed by atoms with van der Waals surface area (Å²) < 4.78 is 0. The maximum absolute atomic E-state index is 10.1. The van der Waals surface area contributed by atoms with E-state index in [1.165, 1.54) is 5.69 Å². The molecule has 2 nitrogen and oxygen atoms in total. The van der Waals surface area contributed by atoms with E-state index in [-0.39, 0.29) is 0 Å². The normalized spacial score (nSPS) is 11.4. The second-order valence-corrected chi connectivity index (χ2v) is 4.80. The molecule has 21 heavy (non-hydrogen) atoms. The fourth-order valence-corrected chi connectivity index (χ4v) is 2.21. The highest BCUT2D eigenvalue weighted by molar-refractivity contribution is 5.48. The molecule has 2 heteroatoms. The van der Waals surface area contributed by atoms with Gasteiger partial charge in [0, 0.05) is 24.3 Å². The summed E-state index contributed by atoms with van der Waals surface area (Å²) in [6, 6.07) is 17.7. The van der Waals surface area contributed by atoms with Gasteiger partial charge >= 0.3 is 0 Å². The molecule has 0 aliphatic carbocycles. The third-order valence-corrected chi connectivity index (χ3v) is 3.46. The third kappa shape index (κ3) is 4.11. The second kappa shape index (κ2) is 7.52. The van der Waals surface area contributed by atoms with Crippen LogP contribution in [0.2, 0.25) is 0 Å². The second-order valence-electron chi connectivity index (χ2n) is 4.80. The highest BCUT2D eigenvalue weighted by Gasteiger charge is 2.05. The molecule has 0 aromatic heterocycles. The number of anilines is 1. The molecule has 0 aliphatic heterocycles. The van der Waals surface area contributed by atoms with Crippen molar-refractivity contribution in [1.82, 2.24) is 0 Å². The molecule has 0 fully saturated rings. The molecular weight excluding hydrogens is 258 g/mol. The SMILES string of the molecule is CCN(CC)c1ccc(C(O)C#Cc2ccccc2)cc1. The fraction of sp³-hybridized carbons (Fsp3) is 0.263. The lowest BCUT2D eigenvalue weighted by Crippen LogP contribution is -2.21. The smallest absolute Gasteiger partial charge is 0.140 e. The summed E-state index contributed by atoms with van der Waals surface area (Å²) in [6.45, 7) is 6.23. The first-order chi connectivity index (χ1) is 10.2. The average Bonchev–Trinajstić information content (AvgIpc) is 2.55. The van der Waals surface area contributed by atoms with Crippen LogP contribution in [0.25, 0.3) is 0 Å². The van der Waals surface area contributed by atoms with E-state index < -0.39 is 6.10 Å². The van der Waals surface area contributed by atoms with E-state index in [4.69, 9.17) is 0 Å². The molecule has 1 N–H and O–H groups in total. The summed E-state index contributed by atoms with van der Waals surface area (Å²) in [4.78, 5) is 2.27. The largest absolute Gasteiger partial charge is 0.376 e. The highest BCUT2D eigenvalue weighted by atomic mass is 16.3. The molecule has 0 spiro atoms. The minimum Gasteiger partial charge on any atom is -0.376 e. The zero-order valence-electron chi connectivity index (χ0n) is 12.6. The lowest BCUT2D eigenvalue weighted by atomic mass is 10.1. The van der Waals surface area contributed by atoms with Gasteiger partial charge in [0.1, 0.15) is 6.10 Å². The molecule has 0 radical (unpaired) electrons. The molecule has 2 rings (SSSR count). The number of rotatable bonds is 4. The van der Waals surface area contributed by atoms with Gasteiger partial charge in [0.2, 0.25) is 0 Å². The molecule has 0 amide bonds. The number of hydrogen-bond donors (Lipinski definition) is 1. The number of nitrogens with zero attached hydrogens (tertiary/aromatic N) is 1. The van der Waals surface area contributed by atoms with Crippen LogP contribution in [0.15, 0.2) is 54.6 Å². The van der Waals surface area contributed by atoms with Crippen LogP contribution in [0.5, 0.6) is 0 Å². The molecule has 0 bridgehead atoms. The van der Waals surface area contributed by atoms with Crippen molar-refractivity contribution in [2.45, 2.75) is 20.0 Å². The van der Waals surface area contributed by atoms with Gasteiger partial charge in [-0.15, -0.1) is 0 Å². The predicted molar refractivity (Wildman–Crippen MR) is 88.3 cm³/mol. The van der Waals surface area contributed by atoms with Crippen molar-refractivity contribution in [3.05, 3.63) is 65.7 Å². The van der Waals surface area contributed by atoms with Gasteiger partial charge in [-0.05, 0) is 43.7 Å². The predicted octanol–water partition coefficient (Wildman–Crippen LogP) is 3.62. The zero-order valence-corrected chi connectivity index (χ0v) is 12.6. The first-order valence-corrected chi connectivity index (χ1v) is 7.34. The molecule has 0 heterocycles. The van der Waals surface area contributed by atoms with E-state index in [9.17, 15) is 5.11 Å². The molecular formula is C19H21NO. The maximum atomic E-state index is 10.1. The molecule has 108 valence electrons. The molecule has 2 aromatic rings. The molecule has 1 atom stereocenters. The minimum absolute atomic E-state index is 0.754. The van der Waals surface area contributed by atoms with Crippen LogP contribution in [0.1, 0.15) is 31.1 Å². The minimum atomic E-state index is -0.754. The van der Waals surface area contributed by atoms with Crippen molar-refractivity contribution in [3.8, 4) is 11.8 Å². The first-order valence-electron chi connectivity index (χ1n) is 7.34. The molecule has 1 unspecified atom stereocenters. The fourth-order valence-electron chi connectivity index (χ4n) is 2.21. The lowest BCUT2D eigenvalue weighted by Gasteiger charge is -2.21. The van der Waals surface area contributed by atoms with Crippen LogP contribution >= 0.6 is 0 Å².